The molecule has 17 heavy (non-hydrogen) atoms. The van der Waals surface area contributed by atoms with Gasteiger partial charge in [0.1, 0.15) is 5.82 Å². The molecule has 2 heterocycles. The molecular formula is C11H16ClN5. The van der Waals surface area contributed by atoms with E-state index in [2.05, 4.69) is 36.1 Å². The van der Waals surface area contributed by atoms with Crippen molar-refractivity contribution in [3.05, 3.63) is 23.5 Å². The van der Waals surface area contributed by atoms with Crippen LogP contribution in [0.15, 0.2) is 12.4 Å². The third-order valence-electron chi connectivity index (χ3n) is 2.54. The zero-order valence-electron chi connectivity index (χ0n) is 10.3. The minimum Gasteiger partial charge on any atom is -0.268 e. The van der Waals surface area contributed by atoms with Crippen molar-refractivity contribution in [1.82, 2.24) is 24.5 Å². The van der Waals surface area contributed by atoms with Gasteiger partial charge >= 0.3 is 0 Å². The SMILES string of the molecule is CCCc1nnc(Cl)n1-c1cnn(C(C)C)c1. The first-order valence-corrected chi connectivity index (χ1v) is 6.15. The summed E-state index contributed by atoms with van der Waals surface area (Å²) in [6.07, 6.45) is 5.60. The normalized spacial score (nSPS) is 11.4. The Hall–Kier alpha value is -1.36. The largest absolute Gasteiger partial charge is 0.268 e. The molecule has 0 fully saturated rings. The lowest BCUT2D eigenvalue weighted by molar-refractivity contribution is 0.532. The molecule has 0 aliphatic carbocycles. The first-order chi connectivity index (χ1) is 8.13. The molecule has 0 amide bonds. The fourth-order valence-corrected chi connectivity index (χ4v) is 1.89. The van der Waals surface area contributed by atoms with Crippen LogP contribution in [0.25, 0.3) is 5.69 Å². The van der Waals surface area contributed by atoms with Crippen LogP contribution in [0.4, 0.5) is 0 Å². The molecule has 0 aromatic carbocycles. The van der Waals surface area contributed by atoms with Gasteiger partial charge in [0.05, 0.1) is 11.9 Å². The number of aryl methyl sites for hydroxylation is 1. The molecular weight excluding hydrogens is 238 g/mol. The topological polar surface area (TPSA) is 48.5 Å². The van der Waals surface area contributed by atoms with E-state index in [0.29, 0.717) is 11.3 Å². The van der Waals surface area contributed by atoms with Crippen LogP contribution in [-0.4, -0.2) is 24.5 Å². The molecule has 0 spiro atoms. The maximum atomic E-state index is 6.06. The lowest BCUT2D eigenvalue weighted by Gasteiger charge is -2.05. The van der Waals surface area contributed by atoms with E-state index in [1.54, 1.807) is 6.20 Å². The van der Waals surface area contributed by atoms with Gasteiger partial charge in [-0.25, -0.2) is 0 Å². The van der Waals surface area contributed by atoms with Gasteiger partial charge in [0.2, 0.25) is 5.28 Å². The average molecular weight is 254 g/mol. The smallest absolute Gasteiger partial charge is 0.229 e. The maximum absolute atomic E-state index is 6.06. The molecule has 0 atom stereocenters. The van der Waals surface area contributed by atoms with Crippen LogP contribution in [0.5, 0.6) is 0 Å². The van der Waals surface area contributed by atoms with E-state index in [-0.39, 0.29) is 0 Å². The summed E-state index contributed by atoms with van der Waals surface area (Å²) in [5.41, 5.74) is 0.914. The average Bonchev–Trinajstić information content (AvgIpc) is 2.86. The summed E-state index contributed by atoms with van der Waals surface area (Å²) >= 11 is 6.06. The Labute approximate surface area is 105 Å². The van der Waals surface area contributed by atoms with E-state index in [4.69, 9.17) is 11.6 Å². The van der Waals surface area contributed by atoms with Crippen molar-refractivity contribution in [3.63, 3.8) is 0 Å². The highest BCUT2D eigenvalue weighted by atomic mass is 35.5. The highest BCUT2D eigenvalue weighted by Gasteiger charge is 2.13. The number of hydrogen-bond acceptors (Lipinski definition) is 3. The van der Waals surface area contributed by atoms with Crippen LogP contribution < -0.4 is 0 Å². The molecule has 2 aromatic rings. The van der Waals surface area contributed by atoms with Gasteiger partial charge in [-0.05, 0) is 31.9 Å². The second-order valence-corrected chi connectivity index (χ2v) is 4.58. The molecule has 0 N–H and O–H groups in total. The van der Waals surface area contributed by atoms with E-state index < -0.39 is 0 Å². The van der Waals surface area contributed by atoms with E-state index in [1.807, 2.05) is 15.4 Å². The van der Waals surface area contributed by atoms with Gasteiger partial charge in [0.15, 0.2) is 0 Å². The Morgan fingerprint density at radius 2 is 2.12 bits per heavy atom. The summed E-state index contributed by atoms with van der Waals surface area (Å²) in [5, 5.41) is 12.7. The molecule has 0 aliphatic rings. The molecule has 5 nitrogen and oxygen atoms in total. The molecule has 0 unspecified atom stereocenters. The molecule has 0 aliphatic heterocycles. The number of hydrogen-bond donors (Lipinski definition) is 0. The zero-order valence-corrected chi connectivity index (χ0v) is 11.0. The number of nitrogens with zero attached hydrogens (tertiary/aromatic N) is 5. The minimum absolute atomic E-state index is 0.327. The van der Waals surface area contributed by atoms with Crippen molar-refractivity contribution in [3.8, 4) is 5.69 Å². The fourth-order valence-electron chi connectivity index (χ4n) is 1.66. The van der Waals surface area contributed by atoms with Gasteiger partial charge in [-0.3, -0.25) is 9.25 Å². The first kappa shape index (κ1) is 12.1. The van der Waals surface area contributed by atoms with Crippen LogP contribution in [-0.2, 0) is 6.42 Å². The molecule has 0 saturated heterocycles. The molecule has 6 heteroatoms. The van der Waals surface area contributed by atoms with Gasteiger partial charge in [-0.1, -0.05) is 6.92 Å². The van der Waals surface area contributed by atoms with E-state index >= 15 is 0 Å². The molecule has 2 rings (SSSR count). The predicted octanol–water partition coefficient (Wildman–Crippen LogP) is 2.65. The Balaban J connectivity index is 2.40. The number of aromatic nitrogens is 5. The van der Waals surface area contributed by atoms with Crippen LogP contribution in [0, 0.1) is 0 Å². The molecule has 92 valence electrons. The highest BCUT2D eigenvalue weighted by molar-refractivity contribution is 6.28. The van der Waals surface area contributed by atoms with Crippen LogP contribution >= 0.6 is 11.6 Å². The van der Waals surface area contributed by atoms with Gasteiger partial charge in [0.25, 0.3) is 0 Å². The Morgan fingerprint density at radius 3 is 2.71 bits per heavy atom. The molecule has 0 radical (unpaired) electrons. The monoisotopic (exact) mass is 253 g/mol. The van der Waals surface area contributed by atoms with Crippen molar-refractivity contribution >= 4 is 11.6 Å². The van der Waals surface area contributed by atoms with E-state index in [1.165, 1.54) is 0 Å². The van der Waals surface area contributed by atoms with Gasteiger partial charge in [-0.2, -0.15) is 5.10 Å². The fraction of sp³-hybridized carbons (Fsp3) is 0.545. The lowest BCUT2D eigenvalue weighted by Crippen LogP contribution is -2.02. The van der Waals surface area contributed by atoms with Crippen molar-refractivity contribution in [2.45, 2.75) is 39.7 Å². The summed E-state index contributed by atoms with van der Waals surface area (Å²) in [4.78, 5) is 0. The molecule has 2 aromatic heterocycles. The summed E-state index contributed by atoms with van der Waals surface area (Å²) < 4.78 is 3.73. The number of rotatable bonds is 4. The van der Waals surface area contributed by atoms with Crippen molar-refractivity contribution in [2.75, 3.05) is 0 Å². The first-order valence-electron chi connectivity index (χ1n) is 5.77. The Morgan fingerprint density at radius 1 is 1.35 bits per heavy atom. The van der Waals surface area contributed by atoms with Gasteiger partial charge in [-0.15, -0.1) is 10.2 Å². The summed E-state index contributed by atoms with van der Waals surface area (Å²) in [5.74, 6) is 0.876. The standard InChI is InChI=1S/C11H16ClN5/c1-4-5-10-14-15-11(12)17(10)9-6-13-16(7-9)8(2)3/h6-8H,4-5H2,1-3H3. The summed E-state index contributed by atoms with van der Waals surface area (Å²) in [6, 6.07) is 0.327. The quantitative estimate of drug-likeness (QED) is 0.842. The minimum atomic E-state index is 0.327. The molecule has 0 bridgehead atoms. The zero-order chi connectivity index (χ0) is 12.4. The maximum Gasteiger partial charge on any atom is 0.229 e. The Bertz CT molecular complexity index is 500. The third-order valence-corrected chi connectivity index (χ3v) is 2.78. The summed E-state index contributed by atoms with van der Waals surface area (Å²) in [7, 11) is 0. The lowest BCUT2D eigenvalue weighted by atomic mass is 10.3. The molecule has 0 saturated carbocycles. The predicted molar refractivity (Wildman–Crippen MR) is 66.5 cm³/mol. The second-order valence-electron chi connectivity index (χ2n) is 4.24. The van der Waals surface area contributed by atoms with Crippen LogP contribution in [0.3, 0.4) is 0 Å². The number of halogens is 1. The second kappa shape index (κ2) is 4.87. The van der Waals surface area contributed by atoms with Crippen LogP contribution in [0.1, 0.15) is 39.1 Å². The van der Waals surface area contributed by atoms with E-state index in [9.17, 15) is 0 Å². The van der Waals surface area contributed by atoms with Gasteiger partial charge < -0.3 is 0 Å². The van der Waals surface area contributed by atoms with E-state index in [0.717, 1.165) is 24.4 Å². The summed E-state index contributed by atoms with van der Waals surface area (Å²) in [6.45, 7) is 6.26. The Kier molecular flexibility index (Phi) is 3.47. The van der Waals surface area contributed by atoms with Crippen molar-refractivity contribution in [2.24, 2.45) is 0 Å². The van der Waals surface area contributed by atoms with Crippen LogP contribution in [0.2, 0.25) is 5.28 Å². The van der Waals surface area contributed by atoms with Crippen molar-refractivity contribution in [1.29, 1.82) is 0 Å². The highest BCUT2D eigenvalue weighted by Crippen LogP contribution is 2.18. The van der Waals surface area contributed by atoms with Gasteiger partial charge in [0, 0.05) is 18.7 Å². The third kappa shape index (κ3) is 2.34. The van der Waals surface area contributed by atoms with Crippen molar-refractivity contribution < 1.29 is 0 Å².